The lowest BCUT2D eigenvalue weighted by molar-refractivity contribution is -0.0509. The molecular weight excluding hydrogens is 278 g/mol. The summed E-state index contributed by atoms with van der Waals surface area (Å²) in [6.45, 7) is 3.50. The monoisotopic (exact) mass is 300 g/mol. The van der Waals surface area contributed by atoms with Crippen LogP contribution in [0, 0.1) is 0 Å². The molecule has 0 aromatic heterocycles. The molecule has 21 heavy (non-hydrogen) atoms. The van der Waals surface area contributed by atoms with Gasteiger partial charge in [0.05, 0.1) is 12.7 Å². The Labute approximate surface area is 123 Å². The number of nitrogens with two attached hydrogens (primary N) is 1. The second-order valence-corrected chi connectivity index (χ2v) is 5.39. The van der Waals surface area contributed by atoms with Gasteiger partial charge in [0.15, 0.2) is 0 Å². The van der Waals surface area contributed by atoms with E-state index in [-0.39, 0.29) is 23.9 Å². The molecule has 0 spiro atoms. The third kappa shape index (κ3) is 4.36. The van der Waals surface area contributed by atoms with Gasteiger partial charge >= 0.3 is 6.61 Å². The van der Waals surface area contributed by atoms with Gasteiger partial charge in [0.25, 0.3) is 0 Å². The van der Waals surface area contributed by atoms with Gasteiger partial charge in [-0.1, -0.05) is 12.1 Å². The molecule has 1 aromatic rings. The van der Waals surface area contributed by atoms with Crippen molar-refractivity contribution in [2.45, 2.75) is 38.6 Å². The first-order valence-corrected chi connectivity index (χ1v) is 7.13. The summed E-state index contributed by atoms with van der Waals surface area (Å²) in [7, 11) is 0. The number of ether oxygens (including phenoxy) is 2. The highest BCUT2D eigenvalue weighted by molar-refractivity contribution is 5.29. The van der Waals surface area contributed by atoms with Crippen LogP contribution in [0.3, 0.4) is 0 Å². The van der Waals surface area contributed by atoms with Crippen molar-refractivity contribution in [2.75, 3.05) is 19.7 Å². The lowest BCUT2D eigenvalue weighted by Crippen LogP contribution is -2.50. The molecule has 0 radical (unpaired) electrons. The third-order valence-corrected chi connectivity index (χ3v) is 3.85. The molecule has 6 heteroatoms. The zero-order chi connectivity index (χ0) is 15.4. The average molecular weight is 300 g/mol. The van der Waals surface area contributed by atoms with Crippen LogP contribution in [0.25, 0.3) is 0 Å². The Bertz CT molecular complexity index is 440. The van der Waals surface area contributed by atoms with E-state index < -0.39 is 6.61 Å². The largest absolute Gasteiger partial charge is 0.435 e. The fraction of sp³-hybridized carbons (Fsp3) is 0.600. The minimum Gasteiger partial charge on any atom is -0.435 e. The van der Waals surface area contributed by atoms with Gasteiger partial charge in [0.2, 0.25) is 0 Å². The van der Waals surface area contributed by atoms with Crippen molar-refractivity contribution < 1.29 is 18.3 Å². The van der Waals surface area contributed by atoms with E-state index in [1.807, 2.05) is 19.1 Å². The van der Waals surface area contributed by atoms with Crippen LogP contribution in [0.1, 0.15) is 25.5 Å². The van der Waals surface area contributed by atoms with E-state index in [9.17, 15) is 8.78 Å². The summed E-state index contributed by atoms with van der Waals surface area (Å²) in [6, 6.07) is 6.94. The van der Waals surface area contributed by atoms with Crippen molar-refractivity contribution in [3.63, 3.8) is 0 Å². The molecule has 1 aliphatic rings. The topological polar surface area (TPSA) is 47.7 Å². The van der Waals surface area contributed by atoms with Crippen LogP contribution in [0.5, 0.6) is 5.75 Å². The molecule has 0 bridgehead atoms. The molecule has 3 atom stereocenters. The lowest BCUT2D eigenvalue weighted by atomic mass is 10.0. The number of nitrogens with zero attached hydrogens (tertiary/aromatic N) is 1. The summed E-state index contributed by atoms with van der Waals surface area (Å²) in [4.78, 5) is 2.29. The number of hydrogen-bond acceptors (Lipinski definition) is 4. The molecular formula is C15H22F2N2O2. The molecule has 2 rings (SSSR count). The van der Waals surface area contributed by atoms with Crippen molar-refractivity contribution in [3.8, 4) is 5.75 Å². The average Bonchev–Trinajstić information content (AvgIpc) is 2.47. The molecule has 3 unspecified atom stereocenters. The Kier molecular flexibility index (Phi) is 5.50. The Morgan fingerprint density at radius 3 is 2.52 bits per heavy atom. The second kappa shape index (κ2) is 7.15. The Morgan fingerprint density at radius 1 is 1.29 bits per heavy atom. The van der Waals surface area contributed by atoms with E-state index in [2.05, 4.69) is 16.6 Å². The van der Waals surface area contributed by atoms with Crippen LogP contribution in [0.2, 0.25) is 0 Å². The predicted molar refractivity (Wildman–Crippen MR) is 76.5 cm³/mol. The van der Waals surface area contributed by atoms with Crippen molar-refractivity contribution in [2.24, 2.45) is 5.73 Å². The van der Waals surface area contributed by atoms with Gasteiger partial charge in [-0.25, -0.2) is 0 Å². The number of morpholine rings is 1. The van der Waals surface area contributed by atoms with E-state index in [0.717, 1.165) is 18.7 Å². The first-order valence-electron chi connectivity index (χ1n) is 7.13. The Hall–Kier alpha value is -1.24. The van der Waals surface area contributed by atoms with Crippen molar-refractivity contribution >= 4 is 0 Å². The number of rotatable bonds is 5. The van der Waals surface area contributed by atoms with Gasteiger partial charge in [0, 0.05) is 25.2 Å². The number of hydrogen-bond donors (Lipinski definition) is 1. The molecule has 1 saturated heterocycles. The third-order valence-electron chi connectivity index (χ3n) is 3.85. The minimum atomic E-state index is -2.79. The van der Waals surface area contributed by atoms with E-state index in [4.69, 9.17) is 10.5 Å². The minimum absolute atomic E-state index is 0.0122. The zero-order valence-electron chi connectivity index (χ0n) is 12.3. The number of halogens is 2. The molecule has 118 valence electrons. The van der Waals surface area contributed by atoms with Gasteiger partial charge in [-0.05, 0) is 31.5 Å². The van der Waals surface area contributed by atoms with Crippen molar-refractivity contribution in [1.29, 1.82) is 0 Å². The second-order valence-electron chi connectivity index (χ2n) is 5.39. The van der Waals surface area contributed by atoms with E-state index in [1.54, 1.807) is 12.1 Å². The molecule has 1 aliphatic heterocycles. The highest BCUT2D eigenvalue weighted by Gasteiger charge is 2.26. The van der Waals surface area contributed by atoms with Gasteiger partial charge in [0.1, 0.15) is 5.75 Å². The molecule has 0 amide bonds. The highest BCUT2D eigenvalue weighted by Crippen LogP contribution is 2.25. The molecule has 2 N–H and O–H groups in total. The zero-order valence-corrected chi connectivity index (χ0v) is 12.3. The number of benzene rings is 1. The fourth-order valence-electron chi connectivity index (χ4n) is 2.50. The van der Waals surface area contributed by atoms with Crippen LogP contribution < -0.4 is 10.5 Å². The Morgan fingerprint density at radius 2 is 1.95 bits per heavy atom. The molecule has 4 nitrogen and oxygen atoms in total. The lowest BCUT2D eigenvalue weighted by Gasteiger charge is -2.38. The van der Waals surface area contributed by atoms with Crippen LogP contribution >= 0.6 is 0 Å². The van der Waals surface area contributed by atoms with Crippen LogP contribution in [-0.2, 0) is 4.74 Å². The molecule has 1 fully saturated rings. The quantitative estimate of drug-likeness (QED) is 0.907. The summed E-state index contributed by atoms with van der Waals surface area (Å²) in [6.07, 6.45) is 0.0302. The van der Waals surface area contributed by atoms with Crippen LogP contribution in [0.15, 0.2) is 24.3 Å². The fourth-order valence-corrected chi connectivity index (χ4v) is 2.50. The van der Waals surface area contributed by atoms with E-state index in [0.29, 0.717) is 6.61 Å². The van der Waals surface area contributed by atoms with Crippen molar-refractivity contribution in [3.05, 3.63) is 29.8 Å². The van der Waals surface area contributed by atoms with Gasteiger partial charge in [-0.3, -0.25) is 4.90 Å². The normalized spacial score (nSPS) is 23.0. The predicted octanol–water partition coefficient (Wildman–Crippen LogP) is 2.40. The molecule has 1 heterocycles. The maximum atomic E-state index is 12.1. The maximum Gasteiger partial charge on any atom is 0.387 e. The highest BCUT2D eigenvalue weighted by atomic mass is 19.3. The van der Waals surface area contributed by atoms with E-state index in [1.165, 1.54) is 0 Å². The first-order chi connectivity index (χ1) is 9.97. The summed E-state index contributed by atoms with van der Waals surface area (Å²) in [5.74, 6) is 0.177. The smallest absolute Gasteiger partial charge is 0.387 e. The van der Waals surface area contributed by atoms with Gasteiger partial charge in [-0.15, -0.1) is 0 Å². The standard InChI is InChI=1S/C15H22F2N2O2/c1-10(18)14-9-19(7-8-20-14)11(2)12-3-5-13(6-4-12)21-15(16)17/h3-6,10-11,14-15H,7-9,18H2,1-2H3. The van der Waals surface area contributed by atoms with Gasteiger partial charge in [-0.2, -0.15) is 8.78 Å². The molecule has 1 aromatic carbocycles. The SMILES string of the molecule is CC(N)C1CN(C(C)c2ccc(OC(F)F)cc2)CCO1. The maximum absolute atomic E-state index is 12.1. The summed E-state index contributed by atoms with van der Waals surface area (Å²) >= 11 is 0. The first kappa shape index (κ1) is 16.1. The summed E-state index contributed by atoms with van der Waals surface area (Å²) < 4.78 is 34.3. The molecule has 0 aliphatic carbocycles. The Balaban J connectivity index is 2.00. The van der Waals surface area contributed by atoms with Crippen molar-refractivity contribution in [1.82, 2.24) is 4.90 Å². The van der Waals surface area contributed by atoms with Crippen LogP contribution in [0.4, 0.5) is 8.78 Å². The van der Waals surface area contributed by atoms with E-state index >= 15 is 0 Å². The van der Waals surface area contributed by atoms with Crippen LogP contribution in [-0.4, -0.2) is 43.4 Å². The summed E-state index contributed by atoms with van der Waals surface area (Å²) in [5, 5.41) is 0. The van der Waals surface area contributed by atoms with Gasteiger partial charge < -0.3 is 15.2 Å². The summed E-state index contributed by atoms with van der Waals surface area (Å²) in [5.41, 5.74) is 6.95. The molecule has 0 saturated carbocycles. The number of alkyl halides is 2.